The van der Waals surface area contributed by atoms with E-state index in [0.29, 0.717) is 23.9 Å². The maximum absolute atomic E-state index is 13.3. The number of rotatable bonds is 6. The highest BCUT2D eigenvalue weighted by Crippen LogP contribution is 2.35. The Hall–Kier alpha value is -1.38. The molecule has 0 radical (unpaired) electrons. The molecule has 26 heavy (non-hydrogen) atoms. The van der Waals surface area contributed by atoms with Crippen molar-refractivity contribution < 1.29 is 14.3 Å². The van der Waals surface area contributed by atoms with E-state index in [-0.39, 0.29) is 17.6 Å². The van der Waals surface area contributed by atoms with Gasteiger partial charge in [-0.1, -0.05) is 11.8 Å². The summed E-state index contributed by atoms with van der Waals surface area (Å²) in [5.41, 5.74) is 1.25. The normalized spacial score (nSPS) is 19.2. The zero-order chi connectivity index (χ0) is 18.1. The molecule has 1 saturated heterocycles. The average molecular weight is 395 g/mol. The predicted octanol–water partition coefficient (Wildman–Crippen LogP) is 2.78. The van der Waals surface area contributed by atoms with Crippen molar-refractivity contribution in [2.75, 3.05) is 19.5 Å². The lowest BCUT2D eigenvalue weighted by Gasteiger charge is -2.16. The topological polar surface area (TPSA) is 70.4 Å². The Bertz CT molecular complexity index is 883. The summed E-state index contributed by atoms with van der Waals surface area (Å²) in [7, 11) is 1.39. The lowest BCUT2D eigenvalue weighted by molar-refractivity contribution is -0.140. The second-order valence-electron chi connectivity index (χ2n) is 6.66. The van der Waals surface area contributed by atoms with Crippen molar-refractivity contribution >= 4 is 39.3 Å². The molecular formula is C18H22N2O4S2. The number of carbonyl (C=O) groups is 1. The molecule has 0 N–H and O–H groups in total. The third-order valence-corrected chi connectivity index (χ3v) is 7.13. The van der Waals surface area contributed by atoms with Gasteiger partial charge in [0.1, 0.15) is 4.83 Å². The van der Waals surface area contributed by atoms with Crippen LogP contribution in [0.3, 0.4) is 0 Å². The van der Waals surface area contributed by atoms with Crippen LogP contribution in [0.15, 0.2) is 9.95 Å². The Morgan fingerprint density at radius 3 is 3.08 bits per heavy atom. The van der Waals surface area contributed by atoms with Gasteiger partial charge in [-0.3, -0.25) is 14.2 Å². The van der Waals surface area contributed by atoms with Gasteiger partial charge in [0, 0.05) is 17.2 Å². The van der Waals surface area contributed by atoms with Crippen molar-refractivity contribution in [3.05, 3.63) is 20.8 Å². The van der Waals surface area contributed by atoms with Crippen LogP contribution in [0.2, 0.25) is 0 Å². The van der Waals surface area contributed by atoms with Crippen LogP contribution in [0.1, 0.15) is 36.1 Å². The van der Waals surface area contributed by atoms with Gasteiger partial charge in [0.05, 0.1) is 31.6 Å². The predicted molar refractivity (Wildman–Crippen MR) is 102 cm³/mol. The van der Waals surface area contributed by atoms with E-state index in [0.717, 1.165) is 48.9 Å². The molecule has 0 amide bonds. The van der Waals surface area contributed by atoms with Crippen molar-refractivity contribution in [1.82, 2.24) is 9.55 Å². The minimum absolute atomic E-state index is 0.0467. The van der Waals surface area contributed by atoms with Crippen LogP contribution in [0.25, 0.3) is 10.2 Å². The third-order valence-electron chi connectivity index (χ3n) is 4.97. The molecule has 1 aliphatic carbocycles. The van der Waals surface area contributed by atoms with Gasteiger partial charge in [0.15, 0.2) is 5.16 Å². The molecule has 0 saturated carbocycles. The van der Waals surface area contributed by atoms with E-state index in [2.05, 4.69) is 0 Å². The summed E-state index contributed by atoms with van der Waals surface area (Å²) in [4.78, 5) is 31.6. The number of carbonyl (C=O) groups excluding carboxylic acids is 1. The number of methoxy groups -OCH3 is 1. The number of aromatic nitrogens is 2. The lowest BCUT2D eigenvalue weighted by atomic mass is 10.2. The summed E-state index contributed by atoms with van der Waals surface area (Å²) in [6.07, 6.45) is 5.52. The Morgan fingerprint density at radius 2 is 2.31 bits per heavy atom. The number of thiophene rings is 1. The van der Waals surface area contributed by atoms with Crippen molar-refractivity contribution in [3.63, 3.8) is 0 Å². The number of hydrogen-bond acceptors (Lipinski definition) is 7. The molecule has 0 bridgehead atoms. The molecule has 1 fully saturated rings. The summed E-state index contributed by atoms with van der Waals surface area (Å²) in [6.45, 7) is 1.29. The molecule has 0 aromatic carbocycles. The summed E-state index contributed by atoms with van der Waals surface area (Å²) >= 11 is 3.10. The number of ether oxygens (including phenoxy) is 2. The van der Waals surface area contributed by atoms with E-state index in [1.54, 1.807) is 15.9 Å². The fourth-order valence-electron chi connectivity index (χ4n) is 3.65. The van der Waals surface area contributed by atoms with Gasteiger partial charge in [-0.05, 0) is 37.7 Å². The van der Waals surface area contributed by atoms with E-state index < -0.39 is 0 Å². The van der Waals surface area contributed by atoms with E-state index in [4.69, 9.17) is 14.5 Å². The van der Waals surface area contributed by atoms with Gasteiger partial charge in [-0.2, -0.15) is 0 Å². The van der Waals surface area contributed by atoms with Gasteiger partial charge in [0.25, 0.3) is 5.56 Å². The van der Waals surface area contributed by atoms with Crippen LogP contribution in [0.4, 0.5) is 0 Å². The van der Waals surface area contributed by atoms with Crippen LogP contribution in [0.5, 0.6) is 0 Å². The first-order valence-electron chi connectivity index (χ1n) is 9.03. The maximum Gasteiger partial charge on any atom is 0.306 e. The molecule has 0 spiro atoms. The molecule has 1 atom stereocenters. The summed E-state index contributed by atoms with van der Waals surface area (Å²) < 4.78 is 12.2. The highest BCUT2D eigenvalue weighted by Gasteiger charge is 2.25. The van der Waals surface area contributed by atoms with Crippen LogP contribution in [-0.4, -0.2) is 41.1 Å². The van der Waals surface area contributed by atoms with Gasteiger partial charge in [-0.15, -0.1) is 11.3 Å². The third kappa shape index (κ3) is 3.42. The number of esters is 1. The molecular weight excluding hydrogens is 372 g/mol. The zero-order valence-corrected chi connectivity index (χ0v) is 16.4. The minimum atomic E-state index is -0.248. The second-order valence-corrected chi connectivity index (χ2v) is 8.80. The molecule has 8 heteroatoms. The fraction of sp³-hybridized carbons (Fsp3) is 0.611. The van der Waals surface area contributed by atoms with E-state index >= 15 is 0 Å². The number of aryl methyl sites for hydroxylation is 2. The number of thioether (sulfide) groups is 1. The fourth-order valence-corrected chi connectivity index (χ4v) is 5.88. The molecule has 1 aliphatic heterocycles. The standard InChI is InChI=1S/C18H22N2O4S2/c1-23-14(21)7-9-25-18-19-16-15(12-5-2-6-13(12)26-16)17(22)20(18)10-11-4-3-8-24-11/h11H,2-10H2,1H3/t11-/m0/s1. The van der Waals surface area contributed by atoms with Crippen LogP contribution >= 0.6 is 23.1 Å². The minimum Gasteiger partial charge on any atom is -0.469 e. The summed E-state index contributed by atoms with van der Waals surface area (Å²) in [5.74, 6) is 0.294. The molecule has 3 heterocycles. The number of fused-ring (bicyclic) bond motifs is 3. The Morgan fingerprint density at radius 1 is 1.42 bits per heavy atom. The van der Waals surface area contributed by atoms with Gasteiger partial charge in [0.2, 0.25) is 0 Å². The second kappa shape index (κ2) is 7.70. The van der Waals surface area contributed by atoms with Crippen molar-refractivity contribution in [3.8, 4) is 0 Å². The Kier molecular flexibility index (Phi) is 5.33. The summed E-state index contributed by atoms with van der Waals surface area (Å²) in [6, 6.07) is 0. The monoisotopic (exact) mass is 394 g/mol. The van der Waals surface area contributed by atoms with Crippen molar-refractivity contribution in [2.45, 2.75) is 56.3 Å². The van der Waals surface area contributed by atoms with Crippen LogP contribution in [0, 0.1) is 0 Å². The first-order valence-corrected chi connectivity index (χ1v) is 10.8. The average Bonchev–Trinajstić information content (AvgIpc) is 3.34. The van der Waals surface area contributed by atoms with Crippen LogP contribution in [-0.2, 0) is 33.7 Å². The summed E-state index contributed by atoms with van der Waals surface area (Å²) in [5, 5.41) is 1.49. The first-order chi connectivity index (χ1) is 12.7. The zero-order valence-electron chi connectivity index (χ0n) is 14.8. The SMILES string of the molecule is COC(=O)CCSc1nc2sc3c(c2c(=O)n1C[C@@H]1CCCO1)CCC3. The van der Waals surface area contributed by atoms with Gasteiger partial charge in [-0.25, -0.2) is 4.98 Å². The van der Waals surface area contributed by atoms with Crippen molar-refractivity contribution in [1.29, 1.82) is 0 Å². The smallest absolute Gasteiger partial charge is 0.306 e. The van der Waals surface area contributed by atoms with Crippen LogP contribution < -0.4 is 5.56 Å². The maximum atomic E-state index is 13.3. The van der Waals surface area contributed by atoms with Crippen molar-refractivity contribution in [2.24, 2.45) is 0 Å². The molecule has 2 aromatic heterocycles. The lowest BCUT2D eigenvalue weighted by Crippen LogP contribution is -2.29. The van der Waals surface area contributed by atoms with Gasteiger partial charge < -0.3 is 9.47 Å². The Balaban J connectivity index is 1.70. The van der Waals surface area contributed by atoms with Gasteiger partial charge >= 0.3 is 5.97 Å². The quantitative estimate of drug-likeness (QED) is 0.426. The molecule has 2 aliphatic rings. The largest absolute Gasteiger partial charge is 0.469 e. The van der Waals surface area contributed by atoms with E-state index in [9.17, 15) is 9.59 Å². The highest BCUT2D eigenvalue weighted by molar-refractivity contribution is 7.99. The highest BCUT2D eigenvalue weighted by atomic mass is 32.2. The number of nitrogens with zero attached hydrogens (tertiary/aromatic N) is 2. The van der Waals surface area contributed by atoms with E-state index in [1.165, 1.54) is 29.3 Å². The van der Waals surface area contributed by atoms with E-state index in [1.807, 2.05) is 0 Å². The molecule has 140 valence electrons. The molecule has 6 nitrogen and oxygen atoms in total. The molecule has 2 aromatic rings. The molecule has 0 unspecified atom stereocenters. The Labute approximate surface area is 159 Å². The first kappa shape index (κ1) is 18.0. The number of hydrogen-bond donors (Lipinski definition) is 0. The molecule has 4 rings (SSSR count).